The molecular formula is C23H28N6OS. The molecule has 0 spiro atoms. The van der Waals surface area contributed by atoms with Crippen LogP contribution in [0.25, 0.3) is 4.96 Å². The number of nitrogens with zero attached hydrogens (tertiary/aromatic N) is 5. The third-order valence-electron chi connectivity index (χ3n) is 5.46. The van der Waals surface area contributed by atoms with Crippen LogP contribution in [-0.4, -0.2) is 49.6 Å². The summed E-state index contributed by atoms with van der Waals surface area (Å²) < 4.78 is 3.96. The smallest absolute Gasteiger partial charge is 0.274 e. The molecule has 0 aliphatic heterocycles. The number of carbonyl (C=O) groups excluding carboxylic acids is 1. The molecule has 1 aromatic carbocycles. The van der Waals surface area contributed by atoms with E-state index < -0.39 is 0 Å². The fraction of sp³-hybridized carbons (Fsp3) is 0.348. The van der Waals surface area contributed by atoms with Crippen molar-refractivity contribution >= 4 is 22.2 Å². The molecule has 1 atom stereocenters. The fourth-order valence-electron chi connectivity index (χ4n) is 3.53. The van der Waals surface area contributed by atoms with Gasteiger partial charge in [0.1, 0.15) is 0 Å². The lowest BCUT2D eigenvalue weighted by Gasteiger charge is -2.18. The van der Waals surface area contributed by atoms with Crippen molar-refractivity contribution in [2.75, 3.05) is 13.6 Å². The van der Waals surface area contributed by atoms with Gasteiger partial charge < -0.3 is 10.2 Å². The molecule has 3 heterocycles. The highest BCUT2D eigenvalue weighted by atomic mass is 32.1. The number of rotatable bonds is 10. The van der Waals surface area contributed by atoms with E-state index in [-0.39, 0.29) is 11.9 Å². The Kier molecular flexibility index (Phi) is 6.79. The summed E-state index contributed by atoms with van der Waals surface area (Å²) in [6, 6.07) is 12.5. The van der Waals surface area contributed by atoms with Gasteiger partial charge in [-0.05, 0) is 31.4 Å². The van der Waals surface area contributed by atoms with Gasteiger partial charge in [-0.25, -0.2) is 4.98 Å². The van der Waals surface area contributed by atoms with Gasteiger partial charge in [0, 0.05) is 56.7 Å². The maximum atomic E-state index is 13.2. The number of imidazole rings is 1. The van der Waals surface area contributed by atoms with Crippen molar-refractivity contribution in [3.05, 3.63) is 77.3 Å². The van der Waals surface area contributed by atoms with Gasteiger partial charge in [-0.2, -0.15) is 5.10 Å². The summed E-state index contributed by atoms with van der Waals surface area (Å²) in [5, 5.41) is 9.81. The number of likely N-dealkylation sites (N-methyl/N-ethyl adjacent to an activating group) is 1. The Bertz CT molecular complexity index is 1100. The molecular weight excluding hydrogens is 408 g/mol. The zero-order chi connectivity index (χ0) is 21.6. The second-order valence-electron chi connectivity index (χ2n) is 7.76. The van der Waals surface area contributed by atoms with E-state index >= 15 is 0 Å². The second kappa shape index (κ2) is 9.89. The number of nitrogens with one attached hydrogen (secondary N) is 1. The number of aryl methyl sites for hydroxylation is 1. The molecule has 0 unspecified atom stereocenters. The Morgan fingerprint density at radius 3 is 2.84 bits per heavy atom. The fourth-order valence-corrected chi connectivity index (χ4v) is 4.26. The van der Waals surface area contributed by atoms with Gasteiger partial charge in [0.15, 0.2) is 10.7 Å². The predicted molar refractivity (Wildman–Crippen MR) is 123 cm³/mol. The molecule has 0 aliphatic rings. The molecule has 0 saturated heterocycles. The SMILES string of the molecule is C[C@H](CCn1cccn1)NCc1c(C(=O)N(C)CCc2ccccc2)nc2sccn12. The van der Waals surface area contributed by atoms with Crippen LogP contribution < -0.4 is 5.32 Å². The zero-order valence-corrected chi connectivity index (χ0v) is 18.8. The van der Waals surface area contributed by atoms with Crippen LogP contribution in [0.1, 0.15) is 35.1 Å². The Balaban J connectivity index is 1.41. The predicted octanol–water partition coefficient (Wildman–Crippen LogP) is 3.48. The minimum Gasteiger partial charge on any atom is -0.340 e. The molecule has 0 radical (unpaired) electrons. The zero-order valence-electron chi connectivity index (χ0n) is 17.9. The first-order valence-corrected chi connectivity index (χ1v) is 11.4. The first-order chi connectivity index (χ1) is 15.1. The van der Waals surface area contributed by atoms with E-state index in [1.807, 2.05) is 58.2 Å². The van der Waals surface area contributed by atoms with Gasteiger partial charge in [-0.1, -0.05) is 30.3 Å². The number of amides is 1. The van der Waals surface area contributed by atoms with Crippen molar-refractivity contribution in [2.24, 2.45) is 0 Å². The van der Waals surface area contributed by atoms with E-state index in [0.717, 1.165) is 30.0 Å². The summed E-state index contributed by atoms with van der Waals surface area (Å²) in [6.45, 7) is 4.26. The second-order valence-corrected chi connectivity index (χ2v) is 8.64. The maximum absolute atomic E-state index is 13.2. The van der Waals surface area contributed by atoms with E-state index in [0.29, 0.717) is 18.8 Å². The summed E-state index contributed by atoms with van der Waals surface area (Å²) in [4.78, 5) is 20.5. The minimum absolute atomic E-state index is 0.0344. The Morgan fingerprint density at radius 2 is 2.06 bits per heavy atom. The van der Waals surface area contributed by atoms with E-state index in [9.17, 15) is 4.79 Å². The van der Waals surface area contributed by atoms with Crippen molar-refractivity contribution in [2.45, 2.75) is 38.9 Å². The number of aromatic nitrogens is 4. The highest BCUT2D eigenvalue weighted by Crippen LogP contribution is 2.19. The number of fused-ring (bicyclic) bond motifs is 1. The molecule has 3 aromatic heterocycles. The normalized spacial score (nSPS) is 12.3. The molecule has 0 saturated carbocycles. The van der Waals surface area contributed by atoms with E-state index in [4.69, 9.17) is 0 Å². The molecule has 7 nitrogen and oxygen atoms in total. The van der Waals surface area contributed by atoms with E-state index in [2.05, 4.69) is 34.5 Å². The highest BCUT2D eigenvalue weighted by Gasteiger charge is 2.22. The number of carbonyl (C=O) groups is 1. The average Bonchev–Trinajstić information content (AvgIpc) is 3.53. The van der Waals surface area contributed by atoms with Crippen molar-refractivity contribution in [1.29, 1.82) is 0 Å². The van der Waals surface area contributed by atoms with Gasteiger partial charge >= 0.3 is 0 Å². The highest BCUT2D eigenvalue weighted by molar-refractivity contribution is 7.15. The minimum atomic E-state index is -0.0344. The molecule has 1 N–H and O–H groups in total. The van der Waals surface area contributed by atoms with E-state index in [1.54, 1.807) is 22.4 Å². The van der Waals surface area contributed by atoms with Crippen molar-refractivity contribution in [3.8, 4) is 0 Å². The van der Waals surface area contributed by atoms with Gasteiger partial charge in [0.25, 0.3) is 5.91 Å². The summed E-state index contributed by atoms with van der Waals surface area (Å²) >= 11 is 1.55. The van der Waals surface area contributed by atoms with Gasteiger partial charge in [-0.3, -0.25) is 13.9 Å². The molecule has 0 fully saturated rings. The lowest BCUT2D eigenvalue weighted by atomic mass is 10.1. The van der Waals surface area contributed by atoms with Crippen LogP contribution in [-0.2, 0) is 19.5 Å². The lowest BCUT2D eigenvalue weighted by molar-refractivity contribution is 0.0790. The molecule has 4 aromatic rings. The summed E-state index contributed by atoms with van der Waals surface area (Å²) in [5.74, 6) is -0.0344. The topological polar surface area (TPSA) is 67.5 Å². The van der Waals surface area contributed by atoms with Crippen LogP contribution >= 0.6 is 11.3 Å². The van der Waals surface area contributed by atoms with Crippen LogP contribution in [0.2, 0.25) is 0 Å². The standard InChI is InChI=1S/C23H28N6OS/c1-18(9-14-28-12-6-11-25-28)24-17-20-21(26-23-29(20)15-16-31-23)22(30)27(2)13-10-19-7-4-3-5-8-19/h3-8,11-12,15-16,18,24H,9-10,13-14,17H2,1-2H3/t18-/m1/s1. The summed E-state index contributed by atoms with van der Waals surface area (Å²) in [7, 11) is 1.85. The van der Waals surface area contributed by atoms with Crippen molar-refractivity contribution in [3.63, 3.8) is 0 Å². The van der Waals surface area contributed by atoms with Crippen LogP contribution in [0.15, 0.2) is 60.4 Å². The molecule has 0 bridgehead atoms. The number of thiazole rings is 1. The number of benzene rings is 1. The van der Waals surface area contributed by atoms with Crippen LogP contribution in [0.3, 0.4) is 0 Å². The quantitative estimate of drug-likeness (QED) is 0.413. The Hall–Kier alpha value is -2.97. The largest absolute Gasteiger partial charge is 0.340 e. The number of hydrogen-bond acceptors (Lipinski definition) is 5. The lowest BCUT2D eigenvalue weighted by Crippen LogP contribution is -2.32. The van der Waals surface area contributed by atoms with Crippen LogP contribution in [0, 0.1) is 0 Å². The Labute approximate surface area is 186 Å². The average molecular weight is 437 g/mol. The molecule has 0 aliphatic carbocycles. The van der Waals surface area contributed by atoms with Crippen molar-refractivity contribution < 1.29 is 4.79 Å². The molecule has 4 rings (SSSR count). The third kappa shape index (κ3) is 5.21. The Morgan fingerprint density at radius 1 is 1.23 bits per heavy atom. The molecule has 8 heteroatoms. The van der Waals surface area contributed by atoms with Gasteiger partial charge in [-0.15, -0.1) is 11.3 Å². The summed E-state index contributed by atoms with van der Waals surface area (Å²) in [6.07, 6.45) is 7.53. The maximum Gasteiger partial charge on any atom is 0.274 e. The number of hydrogen-bond donors (Lipinski definition) is 1. The molecule has 1 amide bonds. The van der Waals surface area contributed by atoms with Crippen molar-refractivity contribution in [1.82, 2.24) is 29.4 Å². The molecule has 162 valence electrons. The van der Waals surface area contributed by atoms with E-state index in [1.165, 1.54) is 5.56 Å². The molecule has 31 heavy (non-hydrogen) atoms. The van der Waals surface area contributed by atoms with Crippen LogP contribution in [0.4, 0.5) is 0 Å². The first kappa shape index (κ1) is 21.3. The monoisotopic (exact) mass is 436 g/mol. The van der Waals surface area contributed by atoms with Gasteiger partial charge in [0.05, 0.1) is 5.69 Å². The summed E-state index contributed by atoms with van der Waals surface area (Å²) in [5.41, 5.74) is 2.67. The first-order valence-electron chi connectivity index (χ1n) is 10.6. The van der Waals surface area contributed by atoms with Crippen LogP contribution in [0.5, 0.6) is 0 Å². The van der Waals surface area contributed by atoms with Gasteiger partial charge in [0.2, 0.25) is 0 Å². The third-order valence-corrected chi connectivity index (χ3v) is 6.21.